The van der Waals surface area contributed by atoms with E-state index < -0.39 is 6.10 Å². The predicted octanol–water partition coefficient (Wildman–Crippen LogP) is 3.23. The van der Waals surface area contributed by atoms with E-state index in [2.05, 4.69) is 13.8 Å². The van der Waals surface area contributed by atoms with E-state index >= 15 is 0 Å². The van der Waals surface area contributed by atoms with Crippen LogP contribution >= 0.6 is 11.8 Å². The van der Waals surface area contributed by atoms with Crippen LogP contribution in [-0.4, -0.2) is 33.8 Å². The second kappa shape index (κ2) is 6.04. The standard InChI is InChI=1S/C17H28O3S/c1-5-6-13(19)15(11(2)18)21-10-17-8-7-12(9-14(17)20)16(17,3)4/h12-13,15,19H,5-10H2,1-4H3/t12?,13-,15+,17?/m1/s1. The summed E-state index contributed by atoms with van der Waals surface area (Å²) in [6.45, 7) is 7.98. The molecule has 0 amide bonds. The summed E-state index contributed by atoms with van der Waals surface area (Å²) >= 11 is 1.51. The molecule has 0 aromatic rings. The molecular weight excluding hydrogens is 284 g/mol. The number of aliphatic hydroxyl groups is 1. The Labute approximate surface area is 132 Å². The largest absolute Gasteiger partial charge is 0.392 e. The first kappa shape index (κ1) is 17.0. The van der Waals surface area contributed by atoms with Crippen LogP contribution in [0.5, 0.6) is 0 Å². The Morgan fingerprint density at radius 3 is 2.57 bits per heavy atom. The van der Waals surface area contributed by atoms with Gasteiger partial charge in [-0.3, -0.25) is 9.59 Å². The number of hydrogen-bond donors (Lipinski definition) is 1. The zero-order valence-corrected chi connectivity index (χ0v) is 14.5. The molecule has 2 aliphatic rings. The van der Waals surface area contributed by atoms with E-state index in [9.17, 15) is 14.7 Å². The highest BCUT2D eigenvalue weighted by atomic mass is 32.2. The van der Waals surface area contributed by atoms with E-state index in [-0.39, 0.29) is 21.9 Å². The minimum Gasteiger partial charge on any atom is -0.392 e. The Hall–Kier alpha value is -0.350. The number of fused-ring (bicyclic) bond motifs is 2. The molecule has 120 valence electrons. The van der Waals surface area contributed by atoms with E-state index in [1.54, 1.807) is 6.92 Å². The van der Waals surface area contributed by atoms with Gasteiger partial charge in [-0.15, -0.1) is 11.8 Å². The number of rotatable bonds is 7. The summed E-state index contributed by atoms with van der Waals surface area (Å²) < 4.78 is 0. The van der Waals surface area contributed by atoms with Crippen LogP contribution in [0.4, 0.5) is 0 Å². The molecule has 3 nitrogen and oxygen atoms in total. The van der Waals surface area contributed by atoms with Crippen LogP contribution < -0.4 is 0 Å². The summed E-state index contributed by atoms with van der Waals surface area (Å²) in [6, 6.07) is 0. The van der Waals surface area contributed by atoms with Crippen LogP contribution in [-0.2, 0) is 9.59 Å². The number of Topliss-reactive ketones (excluding diaryl/α,β-unsaturated/α-hetero) is 2. The van der Waals surface area contributed by atoms with Gasteiger partial charge in [-0.1, -0.05) is 27.2 Å². The van der Waals surface area contributed by atoms with Gasteiger partial charge in [-0.25, -0.2) is 0 Å². The van der Waals surface area contributed by atoms with E-state index in [0.717, 1.165) is 19.3 Å². The van der Waals surface area contributed by atoms with Gasteiger partial charge in [0.05, 0.1) is 11.4 Å². The van der Waals surface area contributed by atoms with Gasteiger partial charge in [0.15, 0.2) is 0 Å². The first-order valence-electron chi connectivity index (χ1n) is 8.09. The lowest BCUT2D eigenvalue weighted by atomic mass is 9.70. The highest BCUT2D eigenvalue weighted by molar-refractivity contribution is 8.00. The maximum Gasteiger partial charge on any atom is 0.145 e. The van der Waals surface area contributed by atoms with Crippen LogP contribution in [0.15, 0.2) is 0 Å². The number of ketones is 2. The molecule has 2 saturated carbocycles. The molecule has 4 atom stereocenters. The molecular formula is C17H28O3S. The van der Waals surface area contributed by atoms with E-state index in [1.807, 2.05) is 6.92 Å². The summed E-state index contributed by atoms with van der Waals surface area (Å²) in [5.74, 6) is 1.58. The quantitative estimate of drug-likeness (QED) is 0.784. The first-order chi connectivity index (χ1) is 9.76. The molecule has 0 aromatic heterocycles. The van der Waals surface area contributed by atoms with E-state index in [1.165, 1.54) is 11.8 Å². The van der Waals surface area contributed by atoms with Crippen molar-refractivity contribution in [2.75, 3.05) is 5.75 Å². The normalized spacial score (nSPS) is 33.2. The van der Waals surface area contributed by atoms with Crippen LogP contribution in [0.3, 0.4) is 0 Å². The van der Waals surface area contributed by atoms with E-state index in [4.69, 9.17) is 0 Å². The SMILES string of the molecule is CCC[C@@H](O)[C@@H](SCC12CCC(CC1=O)C2(C)C)C(C)=O. The molecule has 0 aliphatic heterocycles. The molecule has 0 saturated heterocycles. The van der Waals surface area contributed by atoms with Crippen molar-refractivity contribution in [3.05, 3.63) is 0 Å². The fourth-order valence-electron chi connectivity index (χ4n) is 4.29. The summed E-state index contributed by atoms with van der Waals surface area (Å²) in [5, 5.41) is 9.80. The fraction of sp³-hybridized carbons (Fsp3) is 0.882. The number of carbonyl (C=O) groups excluding carboxylic acids is 2. The van der Waals surface area contributed by atoms with Crippen molar-refractivity contribution in [3.63, 3.8) is 0 Å². The first-order valence-corrected chi connectivity index (χ1v) is 9.14. The van der Waals surface area contributed by atoms with Gasteiger partial charge in [-0.05, 0) is 37.5 Å². The minimum absolute atomic E-state index is 0.0233. The molecule has 1 N–H and O–H groups in total. The Kier molecular flexibility index (Phi) is 4.89. The van der Waals surface area contributed by atoms with Crippen LogP contribution in [0, 0.1) is 16.7 Å². The van der Waals surface area contributed by atoms with Gasteiger partial charge in [-0.2, -0.15) is 0 Å². The molecule has 2 unspecified atom stereocenters. The molecule has 21 heavy (non-hydrogen) atoms. The van der Waals surface area contributed by atoms with Crippen molar-refractivity contribution in [2.24, 2.45) is 16.7 Å². The van der Waals surface area contributed by atoms with Crippen LogP contribution in [0.2, 0.25) is 0 Å². The molecule has 0 heterocycles. The second-order valence-corrected chi connectivity index (χ2v) is 8.49. The Morgan fingerprint density at radius 2 is 2.14 bits per heavy atom. The third-order valence-electron chi connectivity index (χ3n) is 5.98. The Morgan fingerprint density at radius 1 is 1.48 bits per heavy atom. The molecule has 4 heteroatoms. The second-order valence-electron chi connectivity index (χ2n) is 7.36. The zero-order chi connectivity index (χ0) is 15.8. The average Bonchev–Trinajstić information content (AvgIpc) is 2.73. The highest BCUT2D eigenvalue weighted by Crippen LogP contribution is 2.64. The van der Waals surface area contributed by atoms with E-state index in [0.29, 0.717) is 30.3 Å². The van der Waals surface area contributed by atoms with Gasteiger partial charge < -0.3 is 5.11 Å². The van der Waals surface area contributed by atoms with Gasteiger partial charge in [0.25, 0.3) is 0 Å². The monoisotopic (exact) mass is 312 g/mol. The number of carbonyl (C=O) groups is 2. The lowest BCUT2D eigenvalue weighted by Gasteiger charge is -2.37. The molecule has 2 fully saturated rings. The predicted molar refractivity (Wildman–Crippen MR) is 86.4 cm³/mol. The lowest BCUT2D eigenvalue weighted by molar-refractivity contribution is -0.128. The maximum atomic E-state index is 12.5. The Balaban J connectivity index is 2.10. The third-order valence-corrected chi connectivity index (χ3v) is 7.65. The molecule has 0 spiro atoms. The molecule has 2 bridgehead atoms. The number of aliphatic hydroxyl groups excluding tert-OH is 1. The minimum atomic E-state index is -0.592. The summed E-state index contributed by atoms with van der Waals surface area (Å²) in [6.07, 6.45) is 3.70. The van der Waals surface area contributed by atoms with Crippen molar-refractivity contribution in [2.45, 2.75) is 71.2 Å². The van der Waals surface area contributed by atoms with Crippen molar-refractivity contribution in [3.8, 4) is 0 Å². The average molecular weight is 312 g/mol. The van der Waals surface area contributed by atoms with Crippen LogP contribution in [0.1, 0.15) is 59.8 Å². The zero-order valence-electron chi connectivity index (χ0n) is 13.6. The van der Waals surface area contributed by atoms with Gasteiger partial charge in [0.1, 0.15) is 11.6 Å². The Bertz CT molecular complexity index is 432. The molecule has 0 aromatic carbocycles. The van der Waals surface area contributed by atoms with Crippen LogP contribution in [0.25, 0.3) is 0 Å². The van der Waals surface area contributed by atoms with Crippen molar-refractivity contribution >= 4 is 23.3 Å². The molecule has 2 aliphatic carbocycles. The van der Waals surface area contributed by atoms with Crippen molar-refractivity contribution in [1.82, 2.24) is 0 Å². The third kappa shape index (κ3) is 2.70. The number of thioether (sulfide) groups is 1. The van der Waals surface area contributed by atoms with Crippen molar-refractivity contribution in [1.29, 1.82) is 0 Å². The molecule has 0 radical (unpaired) electrons. The van der Waals surface area contributed by atoms with Crippen molar-refractivity contribution < 1.29 is 14.7 Å². The topological polar surface area (TPSA) is 54.4 Å². The highest BCUT2D eigenvalue weighted by Gasteiger charge is 2.63. The van der Waals surface area contributed by atoms with Gasteiger partial charge in [0, 0.05) is 17.6 Å². The summed E-state index contributed by atoms with van der Waals surface area (Å²) in [7, 11) is 0. The smallest absolute Gasteiger partial charge is 0.145 e. The maximum absolute atomic E-state index is 12.5. The number of hydrogen-bond acceptors (Lipinski definition) is 4. The molecule has 2 rings (SSSR count). The van der Waals surface area contributed by atoms with Gasteiger partial charge in [0.2, 0.25) is 0 Å². The summed E-state index contributed by atoms with van der Waals surface area (Å²) in [4.78, 5) is 24.3. The summed E-state index contributed by atoms with van der Waals surface area (Å²) in [5.41, 5.74) is -0.240. The van der Waals surface area contributed by atoms with Gasteiger partial charge >= 0.3 is 0 Å². The lowest BCUT2D eigenvalue weighted by Crippen LogP contribution is -2.40. The fourth-order valence-corrected chi connectivity index (χ4v) is 6.02.